The number of primary amides is 1. The van der Waals surface area contributed by atoms with Crippen molar-refractivity contribution in [2.45, 2.75) is 31.7 Å². The number of amides is 3. The second-order valence-electron chi connectivity index (χ2n) is 6.41. The molecule has 0 aliphatic carbocycles. The van der Waals surface area contributed by atoms with Gasteiger partial charge in [0.05, 0.1) is 6.54 Å². The van der Waals surface area contributed by atoms with E-state index in [0.717, 1.165) is 45.3 Å². The number of piperidine rings is 1. The van der Waals surface area contributed by atoms with Crippen LogP contribution in [0.15, 0.2) is 30.3 Å². The zero-order valence-corrected chi connectivity index (χ0v) is 14.4. The Hall–Kier alpha value is -2.08. The molecule has 1 unspecified atom stereocenters. The first kappa shape index (κ1) is 18.3. The van der Waals surface area contributed by atoms with E-state index < -0.39 is 6.03 Å². The van der Waals surface area contributed by atoms with Gasteiger partial charge < -0.3 is 20.9 Å². The zero-order chi connectivity index (χ0) is 17.4. The number of aryl methyl sites for hydroxylation is 1. The summed E-state index contributed by atoms with van der Waals surface area (Å²) in [6.07, 6.45) is 4.31. The molecule has 1 aromatic rings. The number of carbonyl (C=O) groups excluding carboxylic acids is 2. The van der Waals surface area contributed by atoms with Gasteiger partial charge in [-0.3, -0.25) is 4.79 Å². The Morgan fingerprint density at radius 1 is 1.33 bits per heavy atom. The number of hydrogen-bond donors (Lipinski definition) is 2. The summed E-state index contributed by atoms with van der Waals surface area (Å²) in [7, 11) is 1.81. The molecule has 1 aliphatic rings. The Bertz CT molecular complexity index is 535. The van der Waals surface area contributed by atoms with E-state index in [9.17, 15) is 9.59 Å². The molecule has 1 heterocycles. The monoisotopic (exact) mass is 332 g/mol. The maximum atomic E-state index is 12.1. The normalized spacial score (nSPS) is 18.1. The third-order valence-corrected chi connectivity index (χ3v) is 4.62. The Morgan fingerprint density at radius 3 is 2.79 bits per heavy atom. The highest BCUT2D eigenvalue weighted by atomic mass is 16.2. The van der Waals surface area contributed by atoms with Crippen LogP contribution in [0.5, 0.6) is 0 Å². The van der Waals surface area contributed by atoms with Crippen LogP contribution >= 0.6 is 0 Å². The van der Waals surface area contributed by atoms with Crippen molar-refractivity contribution in [2.24, 2.45) is 5.73 Å². The zero-order valence-electron chi connectivity index (χ0n) is 14.4. The van der Waals surface area contributed by atoms with Crippen LogP contribution in [0.25, 0.3) is 0 Å². The molecule has 1 aliphatic heterocycles. The molecule has 3 amide bonds. The molecule has 3 N–H and O–H groups in total. The summed E-state index contributed by atoms with van der Waals surface area (Å²) in [5, 5.41) is 2.36. The molecule has 2 rings (SSSR count). The smallest absolute Gasteiger partial charge is 0.312 e. The summed E-state index contributed by atoms with van der Waals surface area (Å²) in [4.78, 5) is 27.0. The summed E-state index contributed by atoms with van der Waals surface area (Å²) < 4.78 is 0. The minimum absolute atomic E-state index is 0.0314. The third kappa shape index (κ3) is 5.85. The van der Waals surface area contributed by atoms with Crippen LogP contribution in [0.1, 0.15) is 24.8 Å². The quantitative estimate of drug-likeness (QED) is 0.788. The van der Waals surface area contributed by atoms with Crippen LogP contribution in [-0.4, -0.2) is 61.0 Å². The van der Waals surface area contributed by atoms with Gasteiger partial charge in [0, 0.05) is 19.6 Å². The maximum Gasteiger partial charge on any atom is 0.312 e. The second kappa shape index (κ2) is 9.27. The maximum absolute atomic E-state index is 12.1. The van der Waals surface area contributed by atoms with Crippen LogP contribution in [0, 0.1) is 0 Å². The SMILES string of the molecule is CN(C(=O)CNC(N)=O)C1CCCN(CCCc2ccccc2)C1. The van der Waals surface area contributed by atoms with Crippen LogP contribution < -0.4 is 11.1 Å². The summed E-state index contributed by atoms with van der Waals surface area (Å²) in [6.45, 7) is 3.00. The van der Waals surface area contributed by atoms with Gasteiger partial charge in [-0.2, -0.15) is 0 Å². The van der Waals surface area contributed by atoms with Crippen molar-refractivity contribution in [3.8, 4) is 0 Å². The van der Waals surface area contributed by atoms with Gasteiger partial charge in [-0.1, -0.05) is 30.3 Å². The van der Waals surface area contributed by atoms with Crippen molar-refractivity contribution in [2.75, 3.05) is 33.2 Å². The molecule has 24 heavy (non-hydrogen) atoms. The van der Waals surface area contributed by atoms with E-state index in [1.54, 1.807) is 4.90 Å². The molecule has 132 valence electrons. The van der Waals surface area contributed by atoms with Gasteiger partial charge in [0.2, 0.25) is 5.91 Å². The molecule has 1 atom stereocenters. The minimum atomic E-state index is -0.664. The fraction of sp³-hybridized carbons (Fsp3) is 0.556. The standard InChI is InChI=1S/C18H28N4O2/c1-21(17(23)13-20-18(19)24)16-10-6-12-22(14-16)11-5-9-15-7-3-2-4-8-15/h2-4,7-8,16H,5-6,9-14H2,1H3,(H3,19,20,24). The van der Waals surface area contributed by atoms with Gasteiger partial charge in [-0.25, -0.2) is 4.79 Å². The number of hydrogen-bond acceptors (Lipinski definition) is 3. The number of nitrogens with one attached hydrogen (secondary N) is 1. The number of nitrogens with two attached hydrogens (primary N) is 1. The summed E-state index contributed by atoms with van der Waals surface area (Å²) in [5.41, 5.74) is 6.39. The first-order valence-corrected chi connectivity index (χ1v) is 8.61. The summed E-state index contributed by atoms with van der Waals surface area (Å²) in [6, 6.07) is 10.1. The topological polar surface area (TPSA) is 78.7 Å². The molecule has 0 saturated carbocycles. The first-order chi connectivity index (χ1) is 11.6. The van der Waals surface area contributed by atoms with Gasteiger partial charge in [0.1, 0.15) is 0 Å². The molecule has 1 saturated heterocycles. The van der Waals surface area contributed by atoms with E-state index in [1.807, 2.05) is 13.1 Å². The van der Waals surface area contributed by atoms with Crippen molar-refractivity contribution in [3.05, 3.63) is 35.9 Å². The molecule has 0 aromatic heterocycles. The van der Waals surface area contributed by atoms with Crippen LogP contribution in [0.4, 0.5) is 4.79 Å². The van der Waals surface area contributed by atoms with E-state index in [0.29, 0.717) is 0 Å². The molecular weight excluding hydrogens is 304 g/mol. The van der Waals surface area contributed by atoms with Gasteiger partial charge in [-0.05, 0) is 44.3 Å². The van der Waals surface area contributed by atoms with Crippen molar-refractivity contribution in [1.82, 2.24) is 15.1 Å². The van der Waals surface area contributed by atoms with E-state index in [2.05, 4.69) is 34.5 Å². The largest absolute Gasteiger partial charge is 0.352 e. The lowest BCUT2D eigenvalue weighted by Gasteiger charge is -2.37. The van der Waals surface area contributed by atoms with E-state index in [1.165, 1.54) is 5.56 Å². The molecule has 1 fully saturated rings. The van der Waals surface area contributed by atoms with Crippen LogP contribution in [0.3, 0.4) is 0 Å². The van der Waals surface area contributed by atoms with Gasteiger partial charge in [0.15, 0.2) is 0 Å². The van der Waals surface area contributed by atoms with E-state index in [-0.39, 0.29) is 18.5 Å². The highest BCUT2D eigenvalue weighted by Gasteiger charge is 2.25. The Kier molecular flexibility index (Phi) is 7.06. The van der Waals surface area contributed by atoms with Crippen molar-refractivity contribution >= 4 is 11.9 Å². The molecule has 0 spiro atoms. The fourth-order valence-corrected chi connectivity index (χ4v) is 3.19. The Labute approximate surface area is 144 Å². The number of likely N-dealkylation sites (N-methyl/N-ethyl adjacent to an activating group) is 1. The highest BCUT2D eigenvalue weighted by molar-refractivity contribution is 5.83. The summed E-state index contributed by atoms with van der Waals surface area (Å²) in [5.74, 6) is -0.0927. The third-order valence-electron chi connectivity index (χ3n) is 4.62. The molecule has 1 aromatic carbocycles. The predicted octanol–water partition coefficient (Wildman–Crippen LogP) is 1.21. The lowest BCUT2D eigenvalue weighted by Crippen LogP contribution is -2.51. The Balaban J connectivity index is 1.74. The van der Waals surface area contributed by atoms with Gasteiger partial charge >= 0.3 is 6.03 Å². The lowest BCUT2D eigenvalue weighted by molar-refractivity contribution is -0.131. The average Bonchev–Trinajstić information content (AvgIpc) is 2.60. The van der Waals surface area contributed by atoms with Crippen molar-refractivity contribution < 1.29 is 9.59 Å². The van der Waals surface area contributed by atoms with Crippen LogP contribution in [-0.2, 0) is 11.2 Å². The van der Waals surface area contributed by atoms with Crippen molar-refractivity contribution in [1.29, 1.82) is 0 Å². The number of nitrogens with zero attached hydrogens (tertiary/aromatic N) is 2. The predicted molar refractivity (Wildman–Crippen MR) is 94.6 cm³/mol. The van der Waals surface area contributed by atoms with E-state index >= 15 is 0 Å². The number of carbonyl (C=O) groups is 2. The number of rotatable bonds is 7. The lowest BCUT2D eigenvalue weighted by atomic mass is 10.0. The van der Waals surface area contributed by atoms with E-state index in [4.69, 9.17) is 5.73 Å². The highest BCUT2D eigenvalue weighted by Crippen LogP contribution is 2.16. The number of likely N-dealkylation sites (tertiary alicyclic amines) is 1. The summed E-state index contributed by atoms with van der Waals surface area (Å²) >= 11 is 0. The van der Waals surface area contributed by atoms with Crippen molar-refractivity contribution in [3.63, 3.8) is 0 Å². The first-order valence-electron chi connectivity index (χ1n) is 8.61. The number of urea groups is 1. The average molecular weight is 332 g/mol. The molecule has 6 nitrogen and oxygen atoms in total. The minimum Gasteiger partial charge on any atom is -0.352 e. The molecule has 0 bridgehead atoms. The van der Waals surface area contributed by atoms with Gasteiger partial charge in [0.25, 0.3) is 0 Å². The molecule has 0 radical (unpaired) electrons. The molecule has 6 heteroatoms. The number of benzene rings is 1. The fourth-order valence-electron chi connectivity index (χ4n) is 3.19. The Morgan fingerprint density at radius 2 is 2.08 bits per heavy atom. The van der Waals surface area contributed by atoms with Gasteiger partial charge in [-0.15, -0.1) is 0 Å². The van der Waals surface area contributed by atoms with Crippen LogP contribution in [0.2, 0.25) is 0 Å². The molecular formula is C18H28N4O2. The second-order valence-corrected chi connectivity index (χ2v) is 6.41.